The van der Waals surface area contributed by atoms with Crippen molar-refractivity contribution in [2.45, 2.75) is 10.3 Å². The number of alkyl halides is 3. The molecule has 0 saturated carbocycles. The fourth-order valence-corrected chi connectivity index (χ4v) is 1.87. The van der Waals surface area contributed by atoms with Crippen LogP contribution in [0.3, 0.4) is 0 Å². The zero-order valence-corrected chi connectivity index (χ0v) is 10.1. The summed E-state index contributed by atoms with van der Waals surface area (Å²) in [7, 11) is 1.93. The largest absolute Gasteiger partial charge is 0.298 e. The average Bonchev–Trinajstić information content (AvgIpc) is 2.02. The molecule has 0 atom stereocenters. The summed E-state index contributed by atoms with van der Waals surface area (Å²) in [5, 5.41) is 0. The van der Waals surface area contributed by atoms with Crippen molar-refractivity contribution in [3.63, 3.8) is 0 Å². The van der Waals surface area contributed by atoms with Crippen LogP contribution in [-0.2, 0) is 6.54 Å². The molecule has 1 aromatic carbocycles. The maximum Gasteiger partial charge on any atom is 0.203 e. The maximum atomic E-state index is 5.68. The summed E-state index contributed by atoms with van der Waals surface area (Å²) in [6, 6.07) is 10.1. The molecule has 0 saturated heterocycles. The van der Waals surface area contributed by atoms with Gasteiger partial charge in [0.2, 0.25) is 3.79 Å². The third-order valence-corrected chi connectivity index (χ3v) is 2.10. The molecule has 14 heavy (non-hydrogen) atoms. The van der Waals surface area contributed by atoms with Crippen molar-refractivity contribution in [3.05, 3.63) is 35.9 Å². The first-order valence-corrected chi connectivity index (χ1v) is 5.40. The van der Waals surface area contributed by atoms with E-state index in [1.54, 1.807) is 0 Å². The zero-order chi connectivity index (χ0) is 10.6. The molecule has 0 unspecified atom stereocenters. The monoisotopic (exact) mass is 251 g/mol. The minimum Gasteiger partial charge on any atom is -0.298 e. The molecule has 0 radical (unpaired) electrons. The van der Waals surface area contributed by atoms with E-state index in [0.717, 1.165) is 6.54 Å². The summed E-state index contributed by atoms with van der Waals surface area (Å²) in [4.78, 5) is 1.97. The molecular formula is C10H12Cl3N. The molecule has 78 valence electrons. The first-order valence-electron chi connectivity index (χ1n) is 4.26. The molecule has 0 aliphatic heterocycles. The van der Waals surface area contributed by atoms with Crippen LogP contribution in [0.5, 0.6) is 0 Å². The Labute approximate surface area is 99.6 Å². The van der Waals surface area contributed by atoms with E-state index in [4.69, 9.17) is 34.8 Å². The highest BCUT2D eigenvalue weighted by Gasteiger charge is 2.21. The molecule has 0 aromatic heterocycles. The fourth-order valence-electron chi connectivity index (χ4n) is 1.26. The van der Waals surface area contributed by atoms with Crippen LogP contribution in [0.15, 0.2) is 30.3 Å². The Hall–Kier alpha value is 0.0500. The van der Waals surface area contributed by atoms with Gasteiger partial charge >= 0.3 is 0 Å². The number of hydrogen-bond acceptors (Lipinski definition) is 1. The molecule has 4 heteroatoms. The van der Waals surface area contributed by atoms with E-state index in [0.29, 0.717) is 6.54 Å². The second-order valence-electron chi connectivity index (χ2n) is 3.27. The lowest BCUT2D eigenvalue weighted by Gasteiger charge is -2.21. The molecule has 0 spiro atoms. The summed E-state index contributed by atoms with van der Waals surface area (Å²) in [6.45, 7) is 1.21. The zero-order valence-electron chi connectivity index (χ0n) is 7.88. The van der Waals surface area contributed by atoms with Gasteiger partial charge in [-0.2, -0.15) is 0 Å². The molecule has 0 bridgehead atoms. The van der Waals surface area contributed by atoms with Crippen LogP contribution in [0, 0.1) is 0 Å². The maximum absolute atomic E-state index is 5.68. The van der Waals surface area contributed by atoms with Crippen LogP contribution in [-0.4, -0.2) is 22.3 Å². The molecule has 0 N–H and O–H groups in total. The van der Waals surface area contributed by atoms with Crippen LogP contribution >= 0.6 is 34.8 Å². The van der Waals surface area contributed by atoms with Crippen molar-refractivity contribution < 1.29 is 0 Å². The SMILES string of the molecule is CN(Cc1ccccc1)CC(Cl)(Cl)Cl. The first-order chi connectivity index (χ1) is 6.47. The predicted octanol–water partition coefficient (Wildman–Crippen LogP) is 3.49. The summed E-state index contributed by atoms with van der Waals surface area (Å²) in [5.74, 6) is 0. The summed E-state index contributed by atoms with van der Waals surface area (Å²) >= 11 is 17.1. The highest BCUT2D eigenvalue weighted by Crippen LogP contribution is 2.26. The average molecular weight is 253 g/mol. The Morgan fingerprint density at radius 3 is 2.21 bits per heavy atom. The highest BCUT2D eigenvalue weighted by molar-refractivity contribution is 6.67. The van der Waals surface area contributed by atoms with Gasteiger partial charge in [-0.05, 0) is 12.6 Å². The predicted molar refractivity (Wildman–Crippen MR) is 63.1 cm³/mol. The first kappa shape index (κ1) is 12.1. The summed E-state index contributed by atoms with van der Waals surface area (Å²) < 4.78 is -1.20. The van der Waals surface area contributed by atoms with E-state index in [1.165, 1.54) is 5.56 Å². The van der Waals surface area contributed by atoms with Crippen molar-refractivity contribution in [1.82, 2.24) is 4.90 Å². The molecular weight excluding hydrogens is 240 g/mol. The summed E-state index contributed by atoms with van der Waals surface area (Å²) in [5.41, 5.74) is 1.21. The Bertz CT molecular complexity index is 268. The van der Waals surface area contributed by atoms with Crippen molar-refractivity contribution in [1.29, 1.82) is 0 Å². The van der Waals surface area contributed by atoms with Gasteiger partial charge in [-0.3, -0.25) is 4.90 Å². The van der Waals surface area contributed by atoms with Gasteiger partial charge in [-0.15, -0.1) is 0 Å². The topological polar surface area (TPSA) is 3.24 Å². The van der Waals surface area contributed by atoms with Crippen molar-refractivity contribution >= 4 is 34.8 Å². The Kier molecular flexibility index (Phi) is 4.52. The number of nitrogens with zero attached hydrogens (tertiary/aromatic N) is 1. The normalized spacial score (nSPS) is 12.1. The van der Waals surface area contributed by atoms with Crippen LogP contribution in [0.4, 0.5) is 0 Å². The minimum atomic E-state index is -1.20. The number of halogens is 3. The molecule has 1 rings (SSSR count). The second-order valence-corrected chi connectivity index (χ2v) is 5.79. The highest BCUT2D eigenvalue weighted by atomic mass is 35.6. The van der Waals surface area contributed by atoms with Gasteiger partial charge in [0, 0.05) is 13.1 Å². The lowest BCUT2D eigenvalue weighted by Crippen LogP contribution is -2.28. The van der Waals surface area contributed by atoms with E-state index < -0.39 is 3.79 Å². The molecule has 0 aliphatic rings. The van der Waals surface area contributed by atoms with Crippen molar-refractivity contribution in [2.24, 2.45) is 0 Å². The van der Waals surface area contributed by atoms with Crippen LogP contribution in [0.25, 0.3) is 0 Å². The third-order valence-electron chi connectivity index (χ3n) is 1.74. The Morgan fingerprint density at radius 2 is 1.71 bits per heavy atom. The van der Waals surface area contributed by atoms with Gasteiger partial charge in [-0.25, -0.2) is 0 Å². The third kappa shape index (κ3) is 5.06. The van der Waals surface area contributed by atoms with E-state index in [2.05, 4.69) is 12.1 Å². The van der Waals surface area contributed by atoms with Gasteiger partial charge in [0.05, 0.1) is 0 Å². The van der Waals surface area contributed by atoms with E-state index >= 15 is 0 Å². The Balaban J connectivity index is 2.46. The second kappa shape index (κ2) is 5.22. The lowest BCUT2D eigenvalue weighted by atomic mass is 10.2. The lowest BCUT2D eigenvalue weighted by molar-refractivity contribution is 0.334. The van der Waals surface area contributed by atoms with E-state index in [1.807, 2.05) is 30.1 Å². The van der Waals surface area contributed by atoms with Crippen LogP contribution in [0.2, 0.25) is 0 Å². The van der Waals surface area contributed by atoms with E-state index in [-0.39, 0.29) is 0 Å². The number of rotatable bonds is 3. The van der Waals surface area contributed by atoms with Crippen molar-refractivity contribution in [3.8, 4) is 0 Å². The van der Waals surface area contributed by atoms with Gasteiger partial charge in [0.15, 0.2) is 0 Å². The quantitative estimate of drug-likeness (QED) is 0.745. The molecule has 1 aromatic rings. The van der Waals surface area contributed by atoms with Crippen molar-refractivity contribution in [2.75, 3.05) is 13.6 Å². The van der Waals surface area contributed by atoms with Gasteiger partial charge in [0.1, 0.15) is 0 Å². The Morgan fingerprint density at radius 1 is 1.14 bits per heavy atom. The molecule has 0 fully saturated rings. The van der Waals surface area contributed by atoms with Gasteiger partial charge in [-0.1, -0.05) is 65.1 Å². The molecule has 0 aliphatic carbocycles. The smallest absolute Gasteiger partial charge is 0.203 e. The molecule has 0 amide bonds. The van der Waals surface area contributed by atoms with E-state index in [9.17, 15) is 0 Å². The minimum absolute atomic E-state index is 0.423. The molecule has 1 nitrogen and oxygen atoms in total. The van der Waals surface area contributed by atoms with Crippen LogP contribution in [0.1, 0.15) is 5.56 Å². The summed E-state index contributed by atoms with van der Waals surface area (Å²) in [6.07, 6.45) is 0. The number of hydrogen-bond donors (Lipinski definition) is 0. The van der Waals surface area contributed by atoms with Gasteiger partial charge < -0.3 is 0 Å². The number of benzene rings is 1. The fraction of sp³-hybridized carbons (Fsp3) is 0.400. The molecule has 0 heterocycles. The standard InChI is InChI=1S/C10H12Cl3N/c1-14(8-10(11,12)13)7-9-5-3-2-4-6-9/h2-6H,7-8H2,1H3. The van der Waals surface area contributed by atoms with Gasteiger partial charge in [0.25, 0.3) is 0 Å². The van der Waals surface area contributed by atoms with Crippen LogP contribution < -0.4 is 0 Å².